The number of rotatable bonds is 5. The van der Waals surface area contributed by atoms with Crippen LogP contribution in [0.4, 0.5) is 0 Å². The summed E-state index contributed by atoms with van der Waals surface area (Å²) in [6, 6.07) is 10.3. The Morgan fingerprint density at radius 2 is 1.93 bits per heavy atom. The van der Waals surface area contributed by atoms with E-state index in [1.165, 1.54) is 5.56 Å². The molecular weight excluding hydrogens is 174 g/mol. The minimum Gasteiger partial charge on any atom is -0.392 e. The molecule has 1 rings (SSSR count). The van der Waals surface area contributed by atoms with Crippen molar-refractivity contribution in [2.75, 3.05) is 13.1 Å². The van der Waals surface area contributed by atoms with Gasteiger partial charge in [0.25, 0.3) is 0 Å². The van der Waals surface area contributed by atoms with Gasteiger partial charge < -0.3 is 5.11 Å². The summed E-state index contributed by atoms with van der Waals surface area (Å²) in [5.41, 5.74) is 1.30. The zero-order valence-corrected chi connectivity index (χ0v) is 8.98. The monoisotopic (exact) mass is 193 g/mol. The third-order valence-corrected chi connectivity index (χ3v) is 2.22. The normalized spacial score (nSPS) is 13.1. The molecule has 2 heteroatoms. The highest BCUT2D eigenvalue weighted by Crippen LogP contribution is 2.04. The Hall–Kier alpha value is -0.860. The first kappa shape index (κ1) is 11.2. The van der Waals surface area contributed by atoms with Gasteiger partial charge in [-0.2, -0.15) is 0 Å². The number of likely N-dealkylation sites (N-methyl/N-ethyl adjacent to an activating group) is 1. The zero-order valence-electron chi connectivity index (χ0n) is 8.98. The Morgan fingerprint density at radius 3 is 2.43 bits per heavy atom. The summed E-state index contributed by atoms with van der Waals surface area (Å²) in [7, 11) is 0. The van der Waals surface area contributed by atoms with Gasteiger partial charge in [-0.05, 0) is 19.0 Å². The van der Waals surface area contributed by atoms with Gasteiger partial charge in [-0.15, -0.1) is 0 Å². The van der Waals surface area contributed by atoms with E-state index >= 15 is 0 Å². The van der Waals surface area contributed by atoms with Crippen LogP contribution in [-0.2, 0) is 6.54 Å². The minimum atomic E-state index is -0.251. The van der Waals surface area contributed by atoms with Crippen molar-refractivity contribution in [3.8, 4) is 0 Å². The average Bonchev–Trinajstić information content (AvgIpc) is 2.17. The molecule has 0 fully saturated rings. The van der Waals surface area contributed by atoms with Crippen LogP contribution < -0.4 is 0 Å². The van der Waals surface area contributed by atoms with Crippen LogP contribution in [0.15, 0.2) is 30.3 Å². The summed E-state index contributed by atoms with van der Waals surface area (Å²) in [5, 5.41) is 9.29. The van der Waals surface area contributed by atoms with Gasteiger partial charge in [0, 0.05) is 13.1 Å². The van der Waals surface area contributed by atoms with Crippen LogP contribution in [-0.4, -0.2) is 29.2 Å². The maximum Gasteiger partial charge on any atom is 0.0639 e. The standard InChI is InChI=1S/C12H19NO/c1-3-13(9-11(2)14)10-12-7-5-4-6-8-12/h4-8,11,14H,3,9-10H2,1-2H3. The fraction of sp³-hybridized carbons (Fsp3) is 0.500. The van der Waals surface area contributed by atoms with Crippen molar-refractivity contribution in [1.29, 1.82) is 0 Å². The first-order valence-corrected chi connectivity index (χ1v) is 5.16. The molecule has 2 nitrogen and oxygen atoms in total. The van der Waals surface area contributed by atoms with Crippen LogP contribution in [0.3, 0.4) is 0 Å². The summed E-state index contributed by atoms with van der Waals surface area (Å²) < 4.78 is 0. The minimum absolute atomic E-state index is 0.251. The zero-order chi connectivity index (χ0) is 10.4. The molecule has 0 radical (unpaired) electrons. The van der Waals surface area contributed by atoms with E-state index < -0.39 is 0 Å². The molecule has 0 saturated heterocycles. The molecule has 1 atom stereocenters. The lowest BCUT2D eigenvalue weighted by molar-refractivity contribution is 0.126. The Balaban J connectivity index is 2.48. The molecule has 0 saturated carbocycles. The first-order chi connectivity index (χ1) is 6.72. The van der Waals surface area contributed by atoms with Gasteiger partial charge in [-0.25, -0.2) is 0 Å². The van der Waals surface area contributed by atoms with Crippen LogP contribution >= 0.6 is 0 Å². The van der Waals surface area contributed by atoms with Crippen molar-refractivity contribution in [2.24, 2.45) is 0 Å². The highest BCUT2D eigenvalue weighted by Gasteiger charge is 2.05. The largest absolute Gasteiger partial charge is 0.392 e. The molecule has 0 aromatic heterocycles. The average molecular weight is 193 g/mol. The van der Waals surface area contributed by atoms with E-state index in [4.69, 9.17) is 0 Å². The SMILES string of the molecule is CCN(Cc1ccccc1)CC(C)O. The van der Waals surface area contributed by atoms with Gasteiger partial charge in [-0.3, -0.25) is 4.90 Å². The van der Waals surface area contributed by atoms with E-state index in [2.05, 4.69) is 24.0 Å². The first-order valence-electron chi connectivity index (χ1n) is 5.16. The van der Waals surface area contributed by atoms with Crippen LogP contribution in [0.1, 0.15) is 19.4 Å². The second kappa shape index (κ2) is 5.78. The molecule has 0 amide bonds. The number of aliphatic hydroxyl groups is 1. The van der Waals surface area contributed by atoms with Crippen molar-refractivity contribution in [3.05, 3.63) is 35.9 Å². The van der Waals surface area contributed by atoms with E-state index in [9.17, 15) is 5.11 Å². The number of hydrogen-bond donors (Lipinski definition) is 1. The molecule has 0 aliphatic rings. The molecule has 0 bridgehead atoms. The number of hydrogen-bond acceptors (Lipinski definition) is 2. The van der Waals surface area contributed by atoms with Gasteiger partial charge in [0.15, 0.2) is 0 Å². The lowest BCUT2D eigenvalue weighted by Crippen LogP contribution is -2.30. The Labute approximate surface area is 86.2 Å². The van der Waals surface area contributed by atoms with Crippen molar-refractivity contribution >= 4 is 0 Å². The fourth-order valence-electron chi connectivity index (χ4n) is 1.52. The van der Waals surface area contributed by atoms with Crippen LogP contribution in [0, 0.1) is 0 Å². The van der Waals surface area contributed by atoms with Gasteiger partial charge in [0.2, 0.25) is 0 Å². The highest BCUT2D eigenvalue weighted by molar-refractivity contribution is 5.14. The van der Waals surface area contributed by atoms with E-state index in [0.717, 1.165) is 19.6 Å². The molecule has 0 aliphatic heterocycles. The van der Waals surface area contributed by atoms with Gasteiger partial charge >= 0.3 is 0 Å². The van der Waals surface area contributed by atoms with Crippen LogP contribution in [0.25, 0.3) is 0 Å². The molecule has 0 heterocycles. The molecule has 0 aliphatic carbocycles. The summed E-state index contributed by atoms with van der Waals surface area (Å²) >= 11 is 0. The van der Waals surface area contributed by atoms with E-state index in [-0.39, 0.29) is 6.10 Å². The Kier molecular flexibility index (Phi) is 4.63. The Morgan fingerprint density at radius 1 is 1.29 bits per heavy atom. The van der Waals surface area contributed by atoms with Crippen molar-refractivity contribution in [2.45, 2.75) is 26.5 Å². The van der Waals surface area contributed by atoms with Crippen LogP contribution in [0.5, 0.6) is 0 Å². The molecule has 0 spiro atoms. The maximum absolute atomic E-state index is 9.29. The quantitative estimate of drug-likeness (QED) is 0.772. The van der Waals surface area contributed by atoms with Crippen molar-refractivity contribution < 1.29 is 5.11 Å². The van der Waals surface area contributed by atoms with E-state index in [1.54, 1.807) is 0 Å². The maximum atomic E-state index is 9.29. The topological polar surface area (TPSA) is 23.5 Å². The predicted octanol–water partition coefficient (Wildman–Crippen LogP) is 1.89. The van der Waals surface area contributed by atoms with Gasteiger partial charge in [0.1, 0.15) is 0 Å². The second-order valence-electron chi connectivity index (χ2n) is 3.66. The lowest BCUT2D eigenvalue weighted by atomic mass is 10.2. The Bertz CT molecular complexity index is 246. The summed E-state index contributed by atoms with van der Waals surface area (Å²) in [6.07, 6.45) is -0.251. The van der Waals surface area contributed by atoms with Crippen LogP contribution in [0.2, 0.25) is 0 Å². The smallest absolute Gasteiger partial charge is 0.0639 e. The fourth-order valence-corrected chi connectivity index (χ4v) is 1.52. The summed E-state index contributed by atoms with van der Waals surface area (Å²) in [5.74, 6) is 0. The third kappa shape index (κ3) is 3.90. The second-order valence-corrected chi connectivity index (χ2v) is 3.66. The number of benzene rings is 1. The number of aliphatic hydroxyl groups excluding tert-OH is 1. The molecule has 1 aromatic rings. The highest BCUT2D eigenvalue weighted by atomic mass is 16.3. The lowest BCUT2D eigenvalue weighted by Gasteiger charge is -2.21. The molecule has 1 unspecified atom stereocenters. The molecule has 1 aromatic carbocycles. The van der Waals surface area contributed by atoms with Crippen molar-refractivity contribution in [1.82, 2.24) is 4.90 Å². The van der Waals surface area contributed by atoms with Gasteiger partial charge in [0.05, 0.1) is 6.10 Å². The summed E-state index contributed by atoms with van der Waals surface area (Å²) in [4.78, 5) is 2.24. The van der Waals surface area contributed by atoms with Gasteiger partial charge in [-0.1, -0.05) is 37.3 Å². The van der Waals surface area contributed by atoms with E-state index in [1.807, 2.05) is 25.1 Å². The molecule has 14 heavy (non-hydrogen) atoms. The molecule has 1 N–H and O–H groups in total. The van der Waals surface area contributed by atoms with Crippen molar-refractivity contribution in [3.63, 3.8) is 0 Å². The van der Waals surface area contributed by atoms with E-state index in [0.29, 0.717) is 0 Å². The third-order valence-electron chi connectivity index (χ3n) is 2.22. The predicted molar refractivity (Wildman–Crippen MR) is 59.1 cm³/mol. The molecule has 78 valence electrons. The summed E-state index contributed by atoms with van der Waals surface area (Å²) in [6.45, 7) is 6.58. The number of nitrogens with zero attached hydrogens (tertiary/aromatic N) is 1. The molecular formula is C12H19NO.